The fourth-order valence-corrected chi connectivity index (χ4v) is 4.71. The lowest BCUT2D eigenvalue weighted by Gasteiger charge is -2.20. The molecule has 0 fully saturated rings. The molecule has 0 atom stereocenters. The standard InChI is InChI=1S/C22H24N6O3S/c1-13-15(14(2)28-21(25-13)16(12-24-28)20(23)30)8-9-19(29)27(10-11-31-3)22-26-17-6-4-5-7-18(17)32-22/h4-7,12H,8-11H2,1-3H3,(H2,23,30). The highest BCUT2D eigenvalue weighted by Gasteiger charge is 2.22. The maximum Gasteiger partial charge on any atom is 0.254 e. The van der Waals surface area contributed by atoms with Gasteiger partial charge in [-0.1, -0.05) is 23.5 Å². The smallest absolute Gasteiger partial charge is 0.254 e. The van der Waals surface area contributed by atoms with E-state index in [1.807, 2.05) is 38.1 Å². The summed E-state index contributed by atoms with van der Waals surface area (Å²) in [5.74, 6) is -0.614. The van der Waals surface area contributed by atoms with Gasteiger partial charge in [-0.25, -0.2) is 14.5 Å². The summed E-state index contributed by atoms with van der Waals surface area (Å²) in [6.07, 6.45) is 2.18. The van der Waals surface area contributed by atoms with Crippen LogP contribution < -0.4 is 10.6 Å². The lowest BCUT2D eigenvalue weighted by Crippen LogP contribution is -2.34. The predicted molar refractivity (Wildman–Crippen MR) is 123 cm³/mol. The normalized spacial score (nSPS) is 11.3. The highest BCUT2D eigenvalue weighted by molar-refractivity contribution is 7.22. The van der Waals surface area contributed by atoms with Crippen LogP contribution in [0.3, 0.4) is 0 Å². The maximum atomic E-state index is 13.2. The van der Waals surface area contributed by atoms with Gasteiger partial charge in [-0.3, -0.25) is 14.5 Å². The highest BCUT2D eigenvalue weighted by Crippen LogP contribution is 2.29. The van der Waals surface area contributed by atoms with Crippen molar-refractivity contribution in [3.63, 3.8) is 0 Å². The van der Waals surface area contributed by atoms with E-state index in [2.05, 4.69) is 15.1 Å². The number of aromatic nitrogens is 4. The number of hydrogen-bond acceptors (Lipinski definition) is 7. The van der Waals surface area contributed by atoms with Gasteiger partial charge in [0.05, 0.1) is 29.6 Å². The first-order valence-electron chi connectivity index (χ1n) is 10.2. The van der Waals surface area contributed by atoms with E-state index in [-0.39, 0.29) is 17.9 Å². The molecule has 3 aromatic heterocycles. The predicted octanol–water partition coefficient (Wildman–Crippen LogP) is 2.67. The number of hydrogen-bond donors (Lipinski definition) is 1. The Morgan fingerprint density at radius 1 is 1.22 bits per heavy atom. The van der Waals surface area contributed by atoms with Crippen LogP contribution in [0.15, 0.2) is 30.5 Å². The second-order valence-corrected chi connectivity index (χ2v) is 8.43. The van der Waals surface area contributed by atoms with Gasteiger partial charge >= 0.3 is 0 Å². The lowest BCUT2D eigenvalue weighted by atomic mass is 10.1. The number of carbonyl (C=O) groups excluding carboxylic acids is 2. The molecule has 166 valence electrons. The maximum absolute atomic E-state index is 13.2. The number of fused-ring (bicyclic) bond motifs is 2. The van der Waals surface area contributed by atoms with Crippen LogP contribution in [0.25, 0.3) is 15.9 Å². The van der Waals surface area contributed by atoms with Gasteiger partial charge in [0.2, 0.25) is 5.91 Å². The van der Waals surface area contributed by atoms with Crippen LogP contribution in [-0.4, -0.2) is 51.7 Å². The van der Waals surface area contributed by atoms with Crippen LogP contribution in [0.5, 0.6) is 0 Å². The van der Waals surface area contributed by atoms with E-state index in [1.165, 1.54) is 17.5 Å². The van der Waals surface area contributed by atoms with Crippen molar-refractivity contribution >= 4 is 44.1 Å². The molecule has 2 N–H and O–H groups in total. The number of benzene rings is 1. The van der Waals surface area contributed by atoms with Crippen LogP contribution in [0.1, 0.15) is 33.7 Å². The van der Waals surface area contributed by atoms with Crippen LogP contribution in [0.4, 0.5) is 5.13 Å². The first-order valence-corrected chi connectivity index (χ1v) is 11.0. The molecule has 0 aliphatic rings. The van der Waals surface area contributed by atoms with Crippen LogP contribution in [-0.2, 0) is 16.0 Å². The van der Waals surface area contributed by atoms with E-state index in [4.69, 9.17) is 10.5 Å². The number of ether oxygens (including phenoxy) is 1. The Balaban J connectivity index is 1.59. The Labute approximate surface area is 188 Å². The number of nitrogens with two attached hydrogens (primary N) is 1. The third kappa shape index (κ3) is 4.06. The average Bonchev–Trinajstić information content (AvgIpc) is 3.38. The van der Waals surface area contributed by atoms with Crippen molar-refractivity contribution in [2.75, 3.05) is 25.2 Å². The van der Waals surface area contributed by atoms with Crippen molar-refractivity contribution in [2.45, 2.75) is 26.7 Å². The number of carbonyl (C=O) groups is 2. The number of rotatable bonds is 8. The zero-order valence-electron chi connectivity index (χ0n) is 18.2. The van der Waals surface area contributed by atoms with Crippen molar-refractivity contribution in [2.24, 2.45) is 5.73 Å². The third-order valence-corrected chi connectivity index (χ3v) is 6.46. The molecule has 0 bridgehead atoms. The molecule has 0 radical (unpaired) electrons. The third-order valence-electron chi connectivity index (χ3n) is 5.40. The molecule has 0 unspecified atom stereocenters. The van der Waals surface area contributed by atoms with Crippen molar-refractivity contribution in [3.05, 3.63) is 53.0 Å². The number of anilines is 1. The Hall–Kier alpha value is -3.37. The van der Waals surface area contributed by atoms with Crippen LogP contribution in [0.2, 0.25) is 0 Å². The van der Waals surface area contributed by atoms with Crippen LogP contribution >= 0.6 is 11.3 Å². The molecule has 4 rings (SSSR count). The summed E-state index contributed by atoms with van der Waals surface area (Å²) in [5.41, 5.74) is 9.49. The summed E-state index contributed by atoms with van der Waals surface area (Å²) in [4.78, 5) is 35.7. The minimum Gasteiger partial charge on any atom is -0.383 e. The zero-order chi connectivity index (χ0) is 22.8. The monoisotopic (exact) mass is 452 g/mol. The van der Waals surface area contributed by atoms with E-state index in [0.29, 0.717) is 30.4 Å². The van der Waals surface area contributed by atoms with Crippen molar-refractivity contribution in [1.29, 1.82) is 0 Å². The fraction of sp³-hybridized carbons (Fsp3) is 0.318. The topological polar surface area (TPSA) is 116 Å². The van der Waals surface area contributed by atoms with Crippen molar-refractivity contribution in [1.82, 2.24) is 19.6 Å². The quantitative estimate of drug-likeness (QED) is 0.439. The molecule has 0 saturated carbocycles. The molecule has 10 heteroatoms. The Bertz CT molecular complexity index is 1280. The second-order valence-electron chi connectivity index (χ2n) is 7.42. The largest absolute Gasteiger partial charge is 0.383 e. The highest BCUT2D eigenvalue weighted by atomic mass is 32.1. The number of methoxy groups -OCH3 is 1. The van der Waals surface area contributed by atoms with E-state index < -0.39 is 5.91 Å². The molecule has 0 saturated heterocycles. The minimum atomic E-state index is -0.571. The minimum absolute atomic E-state index is 0.0432. The molecule has 2 amide bonds. The van der Waals surface area contributed by atoms with Gasteiger partial charge in [-0.2, -0.15) is 5.10 Å². The van der Waals surface area contributed by atoms with E-state index in [9.17, 15) is 9.59 Å². The van der Waals surface area contributed by atoms with Gasteiger partial charge in [-0.05, 0) is 38.0 Å². The number of primary amides is 1. The SMILES string of the molecule is COCCN(C(=O)CCc1c(C)nc2c(C(N)=O)cnn2c1C)c1nc2ccccc2s1. The Kier molecular flexibility index (Phi) is 6.15. The molecular formula is C22H24N6O3S. The first-order chi connectivity index (χ1) is 15.4. The Morgan fingerprint density at radius 3 is 2.72 bits per heavy atom. The van der Waals surface area contributed by atoms with Crippen molar-refractivity contribution < 1.29 is 14.3 Å². The summed E-state index contributed by atoms with van der Waals surface area (Å²) in [6.45, 7) is 4.60. The summed E-state index contributed by atoms with van der Waals surface area (Å²) in [7, 11) is 1.61. The second kappa shape index (κ2) is 9.01. The number of nitrogens with zero attached hydrogens (tertiary/aromatic N) is 5. The van der Waals surface area contributed by atoms with E-state index in [0.717, 1.165) is 27.2 Å². The van der Waals surface area contributed by atoms with E-state index in [1.54, 1.807) is 16.5 Å². The fourth-order valence-electron chi connectivity index (χ4n) is 3.70. The zero-order valence-corrected chi connectivity index (χ0v) is 19.0. The molecule has 3 heterocycles. The molecule has 0 spiro atoms. The lowest BCUT2D eigenvalue weighted by molar-refractivity contribution is -0.118. The molecule has 0 aliphatic heterocycles. The molecule has 4 aromatic rings. The molecule has 0 aliphatic carbocycles. The number of aryl methyl sites for hydroxylation is 2. The van der Waals surface area contributed by atoms with Gasteiger partial charge in [0, 0.05) is 24.9 Å². The summed E-state index contributed by atoms with van der Waals surface area (Å²) >= 11 is 1.49. The van der Waals surface area contributed by atoms with Gasteiger partial charge in [-0.15, -0.1) is 0 Å². The molecule has 32 heavy (non-hydrogen) atoms. The van der Waals surface area contributed by atoms with Gasteiger partial charge < -0.3 is 10.5 Å². The average molecular weight is 453 g/mol. The molecular weight excluding hydrogens is 428 g/mol. The van der Waals surface area contributed by atoms with Gasteiger partial charge in [0.25, 0.3) is 5.91 Å². The summed E-state index contributed by atoms with van der Waals surface area (Å²) in [5, 5.41) is 4.91. The van der Waals surface area contributed by atoms with Gasteiger partial charge in [0.15, 0.2) is 10.8 Å². The Morgan fingerprint density at radius 2 is 2.00 bits per heavy atom. The number of amides is 2. The summed E-state index contributed by atoms with van der Waals surface area (Å²) < 4.78 is 7.84. The van der Waals surface area contributed by atoms with E-state index >= 15 is 0 Å². The number of thiazole rings is 1. The van der Waals surface area contributed by atoms with Gasteiger partial charge in [0.1, 0.15) is 5.56 Å². The number of para-hydroxylation sites is 1. The molecule has 9 nitrogen and oxygen atoms in total. The van der Waals surface area contributed by atoms with Crippen molar-refractivity contribution in [3.8, 4) is 0 Å². The summed E-state index contributed by atoms with van der Waals surface area (Å²) in [6, 6.07) is 7.82. The molecule has 1 aromatic carbocycles. The first kappa shape index (κ1) is 21.8. The van der Waals surface area contributed by atoms with Crippen LogP contribution in [0, 0.1) is 13.8 Å².